The van der Waals surface area contributed by atoms with Crippen LogP contribution in [-0.4, -0.2) is 47.1 Å². The number of aromatic nitrogens is 2. The summed E-state index contributed by atoms with van der Waals surface area (Å²) in [5.41, 5.74) is 2.44. The van der Waals surface area contributed by atoms with Gasteiger partial charge >= 0.3 is 0 Å². The standard InChI is InChI=1S/C25H26N4O4/c1-17(30)26-21-10-8-19(9-11-21)24-27-25(33-28-24)20-4-3-15-29(16-20)23(31)14-7-18-5-12-22(32-2)13-6-18/h5-14,20H,3-4,15-16H2,1-2H3,(H,26,30)/b14-7+/t20-/m1/s1. The molecule has 2 heterocycles. The van der Waals surface area contributed by atoms with Gasteiger partial charge in [-0.3, -0.25) is 9.59 Å². The van der Waals surface area contributed by atoms with Crippen molar-refractivity contribution in [3.8, 4) is 17.1 Å². The molecule has 33 heavy (non-hydrogen) atoms. The maximum absolute atomic E-state index is 12.7. The zero-order valence-corrected chi connectivity index (χ0v) is 18.7. The third-order valence-electron chi connectivity index (χ3n) is 5.52. The number of carbonyl (C=O) groups is 2. The number of anilines is 1. The number of benzene rings is 2. The number of likely N-dealkylation sites (tertiary alicyclic amines) is 1. The van der Waals surface area contributed by atoms with Crippen molar-refractivity contribution in [1.82, 2.24) is 15.0 Å². The molecule has 0 saturated carbocycles. The Labute approximate surface area is 192 Å². The second-order valence-corrected chi connectivity index (χ2v) is 7.94. The molecular weight excluding hydrogens is 420 g/mol. The molecule has 0 radical (unpaired) electrons. The number of hydrogen-bond donors (Lipinski definition) is 1. The first-order chi connectivity index (χ1) is 16.0. The number of hydrogen-bond acceptors (Lipinski definition) is 6. The predicted molar refractivity (Wildman–Crippen MR) is 125 cm³/mol. The normalized spacial score (nSPS) is 16.1. The smallest absolute Gasteiger partial charge is 0.246 e. The molecule has 1 N–H and O–H groups in total. The number of piperidine rings is 1. The monoisotopic (exact) mass is 446 g/mol. The maximum Gasteiger partial charge on any atom is 0.246 e. The molecule has 1 aliphatic heterocycles. The molecule has 0 aliphatic carbocycles. The van der Waals surface area contributed by atoms with E-state index in [1.54, 1.807) is 31.4 Å². The van der Waals surface area contributed by atoms with Gasteiger partial charge in [0, 0.05) is 37.3 Å². The van der Waals surface area contributed by atoms with Crippen LogP contribution in [0, 0.1) is 0 Å². The lowest BCUT2D eigenvalue weighted by Crippen LogP contribution is -2.38. The molecule has 0 bridgehead atoms. The molecule has 1 atom stereocenters. The summed E-state index contributed by atoms with van der Waals surface area (Å²) in [5.74, 6) is 1.63. The van der Waals surface area contributed by atoms with Crippen LogP contribution in [0.15, 0.2) is 59.1 Å². The summed E-state index contributed by atoms with van der Waals surface area (Å²) in [6.07, 6.45) is 5.16. The van der Waals surface area contributed by atoms with Crippen molar-refractivity contribution in [2.24, 2.45) is 0 Å². The van der Waals surface area contributed by atoms with Crippen molar-refractivity contribution in [3.05, 3.63) is 66.1 Å². The Morgan fingerprint density at radius 3 is 2.61 bits per heavy atom. The van der Waals surface area contributed by atoms with Crippen LogP contribution in [0.25, 0.3) is 17.5 Å². The highest BCUT2D eigenvalue weighted by molar-refractivity contribution is 5.92. The lowest BCUT2D eigenvalue weighted by atomic mass is 9.98. The van der Waals surface area contributed by atoms with Crippen LogP contribution in [0.4, 0.5) is 5.69 Å². The second-order valence-electron chi connectivity index (χ2n) is 7.94. The Kier molecular flexibility index (Phi) is 6.83. The van der Waals surface area contributed by atoms with Crippen molar-refractivity contribution in [2.75, 3.05) is 25.5 Å². The molecule has 2 amide bonds. The van der Waals surface area contributed by atoms with E-state index in [-0.39, 0.29) is 17.7 Å². The molecule has 3 aromatic rings. The molecule has 8 nitrogen and oxygen atoms in total. The van der Waals surface area contributed by atoms with E-state index in [4.69, 9.17) is 9.26 Å². The molecule has 2 aromatic carbocycles. The van der Waals surface area contributed by atoms with E-state index in [1.807, 2.05) is 41.3 Å². The second kappa shape index (κ2) is 10.1. The number of ether oxygens (including phenoxy) is 1. The molecule has 1 fully saturated rings. The third-order valence-corrected chi connectivity index (χ3v) is 5.52. The fraction of sp³-hybridized carbons (Fsp3) is 0.280. The van der Waals surface area contributed by atoms with Crippen LogP contribution in [0.2, 0.25) is 0 Å². The van der Waals surface area contributed by atoms with E-state index in [0.717, 1.165) is 29.7 Å². The van der Waals surface area contributed by atoms with Crippen LogP contribution in [0.1, 0.15) is 37.1 Å². The summed E-state index contributed by atoms with van der Waals surface area (Å²) in [6, 6.07) is 14.8. The number of nitrogens with zero attached hydrogens (tertiary/aromatic N) is 3. The summed E-state index contributed by atoms with van der Waals surface area (Å²) in [5, 5.41) is 6.84. The zero-order chi connectivity index (χ0) is 23.2. The van der Waals surface area contributed by atoms with E-state index < -0.39 is 0 Å². The van der Waals surface area contributed by atoms with E-state index in [1.165, 1.54) is 6.92 Å². The minimum Gasteiger partial charge on any atom is -0.497 e. The van der Waals surface area contributed by atoms with Crippen LogP contribution in [-0.2, 0) is 9.59 Å². The van der Waals surface area contributed by atoms with Crippen molar-refractivity contribution >= 4 is 23.6 Å². The number of nitrogens with one attached hydrogen (secondary N) is 1. The molecule has 0 spiro atoms. The van der Waals surface area contributed by atoms with Crippen molar-refractivity contribution < 1.29 is 18.8 Å². The van der Waals surface area contributed by atoms with Gasteiger partial charge in [-0.05, 0) is 60.9 Å². The molecule has 1 aromatic heterocycles. The SMILES string of the molecule is COc1ccc(/C=C/C(=O)N2CCC[C@@H](c3nc(-c4ccc(NC(C)=O)cc4)no3)C2)cc1. The predicted octanol–water partition coefficient (Wildman–Crippen LogP) is 4.12. The first kappa shape index (κ1) is 22.3. The number of methoxy groups -OCH3 is 1. The summed E-state index contributed by atoms with van der Waals surface area (Å²) in [6.45, 7) is 2.70. The lowest BCUT2D eigenvalue weighted by Gasteiger charge is -2.30. The van der Waals surface area contributed by atoms with Crippen molar-refractivity contribution in [1.29, 1.82) is 0 Å². The van der Waals surface area contributed by atoms with Gasteiger partial charge in [-0.2, -0.15) is 4.98 Å². The highest BCUT2D eigenvalue weighted by Crippen LogP contribution is 2.28. The van der Waals surface area contributed by atoms with Gasteiger partial charge in [0.2, 0.25) is 23.5 Å². The highest BCUT2D eigenvalue weighted by Gasteiger charge is 2.28. The van der Waals surface area contributed by atoms with Gasteiger partial charge in [-0.25, -0.2) is 0 Å². The number of amides is 2. The first-order valence-electron chi connectivity index (χ1n) is 10.8. The molecule has 8 heteroatoms. The number of rotatable bonds is 6. The molecule has 1 saturated heterocycles. The summed E-state index contributed by atoms with van der Waals surface area (Å²) in [7, 11) is 1.62. The van der Waals surface area contributed by atoms with E-state index in [9.17, 15) is 9.59 Å². The van der Waals surface area contributed by atoms with Crippen LogP contribution in [0.5, 0.6) is 5.75 Å². The van der Waals surface area contributed by atoms with E-state index in [2.05, 4.69) is 15.5 Å². The van der Waals surface area contributed by atoms with Gasteiger partial charge in [0.25, 0.3) is 0 Å². The van der Waals surface area contributed by atoms with Gasteiger partial charge in [0.15, 0.2) is 0 Å². The molecular formula is C25H26N4O4. The Bertz CT molecular complexity index is 1140. The Balaban J connectivity index is 1.39. The maximum atomic E-state index is 12.7. The average molecular weight is 447 g/mol. The molecule has 170 valence electrons. The molecule has 1 aliphatic rings. The van der Waals surface area contributed by atoms with E-state index >= 15 is 0 Å². The largest absolute Gasteiger partial charge is 0.497 e. The zero-order valence-electron chi connectivity index (χ0n) is 18.7. The summed E-state index contributed by atoms with van der Waals surface area (Å²) in [4.78, 5) is 30.3. The van der Waals surface area contributed by atoms with Crippen LogP contribution < -0.4 is 10.1 Å². The quantitative estimate of drug-likeness (QED) is 0.572. The Morgan fingerprint density at radius 1 is 1.15 bits per heavy atom. The number of carbonyl (C=O) groups excluding carboxylic acids is 2. The van der Waals surface area contributed by atoms with Gasteiger partial charge in [-0.1, -0.05) is 17.3 Å². The Morgan fingerprint density at radius 2 is 1.91 bits per heavy atom. The molecule has 4 rings (SSSR count). The van der Waals surface area contributed by atoms with Crippen molar-refractivity contribution in [2.45, 2.75) is 25.7 Å². The average Bonchev–Trinajstić information content (AvgIpc) is 3.33. The summed E-state index contributed by atoms with van der Waals surface area (Å²) < 4.78 is 10.7. The minimum atomic E-state index is -0.125. The molecule has 0 unspecified atom stereocenters. The van der Waals surface area contributed by atoms with Gasteiger partial charge in [0.1, 0.15) is 5.75 Å². The third kappa shape index (κ3) is 5.65. The van der Waals surface area contributed by atoms with Gasteiger partial charge in [-0.15, -0.1) is 0 Å². The van der Waals surface area contributed by atoms with Gasteiger partial charge in [0.05, 0.1) is 13.0 Å². The summed E-state index contributed by atoms with van der Waals surface area (Å²) >= 11 is 0. The topological polar surface area (TPSA) is 97.6 Å². The Hall–Kier alpha value is -3.94. The first-order valence-corrected chi connectivity index (χ1v) is 10.8. The van der Waals surface area contributed by atoms with Crippen LogP contribution in [0.3, 0.4) is 0 Å². The minimum absolute atomic E-state index is 0.00279. The fourth-order valence-electron chi connectivity index (χ4n) is 3.79. The van der Waals surface area contributed by atoms with E-state index in [0.29, 0.717) is 30.5 Å². The fourth-order valence-corrected chi connectivity index (χ4v) is 3.79. The highest BCUT2D eigenvalue weighted by atomic mass is 16.5. The van der Waals surface area contributed by atoms with Crippen LogP contribution >= 0.6 is 0 Å². The van der Waals surface area contributed by atoms with Gasteiger partial charge < -0.3 is 19.5 Å². The lowest BCUT2D eigenvalue weighted by molar-refractivity contribution is -0.127. The van der Waals surface area contributed by atoms with Crippen molar-refractivity contribution in [3.63, 3.8) is 0 Å².